The number of carbonyl (C=O) groups is 1. The lowest BCUT2D eigenvalue weighted by atomic mass is 9.95. The topological polar surface area (TPSA) is 68.6 Å². The molecule has 1 unspecified atom stereocenters. The number of aryl methyl sites for hydroxylation is 1. The number of fused-ring (bicyclic) bond motifs is 1. The Morgan fingerprint density at radius 2 is 2.04 bits per heavy atom. The first-order valence-corrected chi connectivity index (χ1v) is 9.32. The van der Waals surface area contributed by atoms with Crippen LogP contribution in [0.4, 0.5) is 11.5 Å². The third kappa shape index (κ3) is 3.05. The van der Waals surface area contributed by atoms with E-state index in [1.165, 1.54) is 0 Å². The summed E-state index contributed by atoms with van der Waals surface area (Å²) in [5, 5.41) is 8.60. The zero-order valence-electron chi connectivity index (χ0n) is 15.5. The van der Waals surface area contributed by atoms with E-state index in [4.69, 9.17) is 9.47 Å². The Hall–Kier alpha value is -2.12. The highest BCUT2D eigenvalue weighted by atomic mass is 16.5. The molecule has 1 amide bonds. The van der Waals surface area contributed by atoms with E-state index in [-0.39, 0.29) is 5.91 Å². The van der Waals surface area contributed by atoms with Crippen molar-refractivity contribution in [1.29, 1.82) is 0 Å². The van der Waals surface area contributed by atoms with Crippen LogP contribution in [0.25, 0.3) is 10.9 Å². The lowest BCUT2D eigenvalue weighted by Crippen LogP contribution is -2.45. The first kappa shape index (κ1) is 17.3. The van der Waals surface area contributed by atoms with Gasteiger partial charge in [-0.1, -0.05) is 6.07 Å². The summed E-state index contributed by atoms with van der Waals surface area (Å²) in [4.78, 5) is 15.2. The second-order valence-electron chi connectivity index (χ2n) is 7.23. The molecule has 0 aliphatic carbocycles. The SMILES string of the molecule is Cn1nc(NC(=O)C2(C)CCCCO2)c2c(N3CCOCC3)cccc21. The second-order valence-corrected chi connectivity index (χ2v) is 7.23. The van der Waals surface area contributed by atoms with E-state index in [1.807, 2.05) is 30.8 Å². The van der Waals surface area contributed by atoms with Crippen LogP contribution in [0.1, 0.15) is 26.2 Å². The summed E-state index contributed by atoms with van der Waals surface area (Å²) < 4.78 is 13.1. The maximum Gasteiger partial charge on any atom is 0.257 e. The number of anilines is 2. The largest absolute Gasteiger partial charge is 0.378 e. The number of ether oxygens (including phenoxy) is 2. The first-order valence-electron chi connectivity index (χ1n) is 9.32. The van der Waals surface area contributed by atoms with Crippen molar-refractivity contribution in [2.45, 2.75) is 31.8 Å². The van der Waals surface area contributed by atoms with Crippen LogP contribution in [-0.2, 0) is 21.3 Å². The van der Waals surface area contributed by atoms with E-state index < -0.39 is 5.60 Å². The summed E-state index contributed by atoms with van der Waals surface area (Å²) in [6, 6.07) is 6.15. The molecule has 2 saturated heterocycles. The van der Waals surface area contributed by atoms with Crippen molar-refractivity contribution in [3.8, 4) is 0 Å². The fourth-order valence-corrected chi connectivity index (χ4v) is 3.80. The molecule has 0 saturated carbocycles. The Labute approximate surface area is 153 Å². The van der Waals surface area contributed by atoms with Gasteiger partial charge in [0.05, 0.1) is 29.8 Å². The van der Waals surface area contributed by atoms with E-state index in [0.29, 0.717) is 25.6 Å². The van der Waals surface area contributed by atoms with Crippen LogP contribution in [0, 0.1) is 0 Å². The molecule has 2 aromatic rings. The van der Waals surface area contributed by atoms with Crippen LogP contribution in [0.15, 0.2) is 18.2 Å². The van der Waals surface area contributed by atoms with Crippen molar-refractivity contribution in [2.75, 3.05) is 43.1 Å². The molecule has 1 aromatic heterocycles. The summed E-state index contributed by atoms with van der Waals surface area (Å²) in [5.41, 5.74) is 1.30. The highest BCUT2D eigenvalue weighted by Crippen LogP contribution is 2.34. The van der Waals surface area contributed by atoms with Gasteiger partial charge in [-0.2, -0.15) is 5.10 Å². The lowest BCUT2D eigenvalue weighted by molar-refractivity contribution is -0.144. The van der Waals surface area contributed by atoms with Crippen LogP contribution in [0.5, 0.6) is 0 Å². The third-order valence-corrected chi connectivity index (χ3v) is 5.39. The van der Waals surface area contributed by atoms with E-state index >= 15 is 0 Å². The maximum absolute atomic E-state index is 12.9. The van der Waals surface area contributed by atoms with Crippen LogP contribution in [0.3, 0.4) is 0 Å². The molecule has 0 radical (unpaired) electrons. The lowest BCUT2D eigenvalue weighted by Gasteiger charge is -2.32. The normalized spacial score (nSPS) is 24.0. The highest BCUT2D eigenvalue weighted by molar-refractivity contribution is 6.07. The second kappa shape index (κ2) is 6.89. The van der Waals surface area contributed by atoms with Crippen molar-refractivity contribution in [3.05, 3.63) is 18.2 Å². The molecular weight excluding hydrogens is 332 g/mol. The molecule has 7 heteroatoms. The Kier molecular flexibility index (Phi) is 4.58. The molecule has 4 rings (SSSR count). The zero-order chi connectivity index (χ0) is 18.1. The zero-order valence-corrected chi connectivity index (χ0v) is 15.5. The number of morpholine rings is 1. The Morgan fingerprint density at radius 3 is 2.77 bits per heavy atom. The third-order valence-electron chi connectivity index (χ3n) is 5.39. The maximum atomic E-state index is 12.9. The molecular formula is C19H26N4O3. The smallest absolute Gasteiger partial charge is 0.257 e. The number of hydrogen-bond donors (Lipinski definition) is 1. The predicted octanol–water partition coefficient (Wildman–Crippen LogP) is 2.31. The quantitative estimate of drug-likeness (QED) is 0.912. The van der Waals surface area contributed by atoms with Crippen LogP contribution in [0.2, 0.25) is 0 Å². The summed E-state index contributed by atoms with van der Waals surface area (Å²) in [5.74, 6) is 0.485. The molecule has 7 nitrogen and oxygen atoms in total. The van der Waals surface area contributed by atoms with Gasteiger partial charge in [0.2, 0.25) is 0 Å². The van der Waals surface area contributed by atoms with E-state index in [1.54, 1.807) is 0 Å². The van der Waals surface area contributed by atoms with Crippen molar-refractivity contribution in [2.24, 2.45) is 7.05 Å². The minimum Gasteiger partial charge on any atom is -0.378 e. The van der Waals surface area contributed by atoms with Crippen molar-refractivity contribution in [1.82, 2.24) is 9.78 Å². The predicted molar refractivity (Wildman–Crippen MR) is 101 cm³/mol. The number of carbonyl (C=O) groups excluding carboxylic acids is 1. The van der Waals surface area contributed by atoms with Gasteiger partial charge in [0.1, 0.15) is 5.60 Å². The molecule has 2 aliphatic heterocycles. The number of hydrogen-bond acceptors (Lipinski definition) is 5. The molecule has 140 valence electrons. The monoisotopic (exact) mass is 358 g/mol. The number of benzene rings is 1. The van der Waals surface area contributed by atoms with Gasteiger partial charge in [0.15, 0.2) is 5.82 Å². The summed E-state index contributed by atoms with van der Waals surface area (Å²) in [6.07, 6.45) is 2.75. The van der Waals surface area contributed by atoms with Crippen LogP contribution in [-0.4, -0.2) is 54.2 Å². The number of nitrogens with one attached hydrogen (secondary N) is 1. The summed E-state index contributed by atoms with van der Waals surface area (Å²) in [7, 11) is 1.90. The van der Waals surface area contributed by atoms with E-state index in [0.717, 1.165) is 48.9 Å². The number of amides is 1. The molecule has 1 aromatic carbocycles. The minimum atomic E-state index is -0.782. The number of aromatic nitrogens is 2. The highest BCUT2D eigenvalue weighted by Gasteiger charge is 2.37. The average Bonchev–Trinajstić information content (AvgIpc) is 2.99. The minimum absolute atomic E-state index is 0.117. The molecule has 26 heavy (non-hydrogen) atoms. The molecule has 1 N–H and O–H groups in total. The van der Waals surface area contributed by atoms with Gasteiger partial charge in [-0.3, -0.25) is 9.48 Å². The van der Waals surface area contributed by atoms with E-state index in [9.17, 15) is 4.79 Å². The standard InChI is InChI=1S/C19H26N4O3/c1-19(8-3-4-11-26-19)18(24)20-17-16-14(22(2)21-17)6-5-7-15(16)23-9-12-25-13-10-23/h5-7H,3-4,8-13H2,1-2H3,(H,20,21,24). The molecule has 0 bridgehead atoms. The molecule has 3 heterocycles. The average molecular weight is 358 g/mol. The van der Waals surface area contributed by atoms with Crippen molar-refractivity contribution < 1.29 is 14.3 Å². The fourth-order valence-electron chi connectivity index (χ4n) is 3.80. The summed E-state index contributed by atoms with van der Waals surface area (Å²) >= 11 is 0. The van der Waals surface area contributed by atoms with Crippen molar-refractivity contribution in [3.63, 3.8) is 0 Å². The number of nitrogens with zero attached hydrogens (tertiary/aromatic N) is 3. The molecule has 2 aliphatic rings. The molecule has 1 atom stereocenters. The van der Waals surface area contributed by atoms with Gasteiger partial charge < -0.3 is 19.7 Å². The van der Waals surface area contributed by atoms with Crippen LogP contribution >= 0.6 is 0 Å². The molecule has 2 fully saturated rings. The van der Waals surface area contributed by atoms with Gasteiger partial charge >= 0.3 is 0 Å². The fraction of sp³-hybridized carbons (Fsp3) is 0.579. The van der Waals surface area contributed by atoms with Gasteiger partial charge in [0, 0.05) is 26.7 Å². The Bertz CT molecular complexity index is 804. The van der Waals surface area contributed by atoms with Crippen LogP contribution < -0.4 is 10.2 Å². The van der Waals surface area contributed by atoms with Gasteiger partial charge in [0.25, 0.3) is 5.91 Å². The Morgan fingerprint density at radius 1 is 1.23 bits per heavy atom. The first-order chi connectivity index (χ1) is 12.6. The van der Waals surface area contributed by atoms with Gasteiger partial charge in [-0.15, -0.1) is 0 Å². The summed E-state index contributed by atoms with van der Waals surface area (Å²) in [6.45, 7) is 5.60. The van der Waals surface area contributed by atoms with Crippen molar-refractivity contribution >= 4 is 28.3 Å². The van der Waals surface area contributed by atoms with E-state index in [2.05, 4.69) is 21.4 Å². The molecule has 0 spiro atoms. The number of rotatable bonds is 3. The van der Waals surface area contributed by atoms with Gasteiger partial charge in [-0.25, -0.2) is 0 Å². The van der Waals surface area contributed by atoms with Gasteiger partial charge in [-0.05, 0) is 38.3 Å². The Balaban J connectivity index is 1.69.